The number of thiol groups is 1. The molecule has 0 spiro atoms. The Bertz CT molecular complexity index is 205. The number of hydrogen-bond donors (Lipinski definition) is 1. The second-order valence-electron chi connectivity index (χ2n) is 6.32. The Labute approximate surface area is 111 Å². The Kier molecular flexibility index (Phi) is 6.92. The monoisotopic (exact) mass is 278 g/mol. The molecular formula is C12H30OSSi2. The third-order valence-electron chi connectivity index (χ3n) is 3.76. The summed E-state index contributed by atoms with van der Waals surface area (Å²) >= 11 is 4.87. The van der Waals surface area contributed by atoms with Gasteiger partial charge in [-0.05, 0) is 30.5 Å². The summed E-state index contributed by atoms with van der Waals surface area (Å²) in [6, 6.07) is 0. The summed E-state index contributed by atoms with van der Waals surface area (Å²) in [6.45, 7) is 17.2. The van der Waals surface area contributed by atoms with Crippen molar-refractivity contribution in [3.8, 4) is 0 Å². The van der Waals surface area contributed by atoms with Gasteiger partial charge in [0.15, 0.2) is 8.32 Å². The van der Waals surface area contributed by atoms with Crippen molar-refractivity contribution < 1.29 is 4.43 Å². The van der Waals surface area contributed by atoms with Gasteiger partial charge in [-0.25, -0.2) is 0 Å². The van der Waals surface area contributed by atoms with Gasteiger partial charge in [0.2, 0.25) is 0 Å². The molecule has 0 saturated carbocycles. The lowest BCUT2D eigenvalue weighted by atomic mass is 9.99. The maximum Gasteiger partial charge on any atom is 0.195 e. The smallest absolute Gasteiger partial charge is 0.195 e. The van der Waals surface area contributed by atoms with Gasteiger partial charge in [0.25, 0.3) is 0 Å². The lowest BCUT2D eigenvalue weighted by molar-refractivity contribution is 0.308. The third kappa shape index (κ3) is 5.38. The molecule has 0 aromatic carbocycles. The van der Waals surface area contributed by atoms with Crippen molar-refractivity contribution in [3.63, 3.8) is 0 Å². The molecule has 1 atom stereocenters. The van der Waals surface area contributed by atoms with Crippen molar-refractivity contribution in [3.05, 3.63) is 0 Å². The van der Waals surface area contributed by atoms with Crippen LogP contribution in [0.15, 0.2) is 0 Å². The minimum atomic E-state index is -1.56. The van der Waals surface area contributed by atoms with Gasteiger partial charge in [-0.15, -0.1) is 0 Å². The number of hydrogen-bond acceptors (Lipinski definition) is 2. The predicted molar refractivity (Wildman–Crippen MR) is 83.9 cm³/mol. The molecule has 4 heteroatoms. The Morgan fingerprint density at radius 3 is 2.19 bits per heavy atom. The first kappa shape index (κ1) is 16.7. The van der Waals surface area contributed by atoms with Crippen molar-refractivity contribution in [1.82, 2.24) is 0 Å². The molecule has 0 saturated heterocycles. The van der Waals surface area contributed by atoms with Gasteiger partial charge in [0.1, 0.15) is 0 Å². The Hall–Kier alpha value is 0.744. The molecule has 0 heterocycles. The highest BCUT2D eigenvalue weighted by atomic mass is 32.1. The normalized spacial score (nSPS) is 16.3. The van der Waals surface area contributed by atoms with Crippen LogP contribution in [0.4, 0.5) is 0 Å². The van der Waals surface area contributed by atoms with Crippen molar-refractivity contribution in [2.24, 2.45) is 5.92 Å². The molecule has 0 bridgehead atoms. The Balaban J connectivity index is 4.38. The van der Waals surface area contributed by atoms with E-state index in [4.69, 9.17) is 17.1 Å². The molecule has 16 heavy (non-hydrogen) atoms. The summed E-state index contributed by atoms with van der Waals surface area (Å²) < 4.78 is 6.63. The van der Waals surface area contributed by atoms with Gasteiger partial charge in [-0.2, -0.15) is 12.6 Å². The minimum Gasteiger partial charge on any atom is -0.417 e. The van der Waals surface area contributed by atoms with E-state index in [9.17, 15) is 0 Å². The molecule has 0 aromatic heterocycles. The van der Waals surface area contributed by atoms with E-state index in [1.54, 1.807) is 0 Å². The van der Waals surface area contributed by atoms with Crippen LogP contribution in [0.25, 0.3) is 0 Å². The van der Waals surface area contributed by atoms with E-state index in [2.05, 4.69) is 47.7 Å². The Morgan fingerprint density at radius 1 is 1.31 bits per heavy atom. The van der Waals surface area contributed by atoms with Crippen LogP contribution in [-0.2, 0) is 4.43 Å². The van der Waals surface area contributed by atoms with Gasteiger partial charge >= 0.3 is 0 Å². The van der Waals surface area contributed by atoms with Gasteiger partial charge < -0.3 is 4.43 Å². The summed E-state index contributed by atoms with van der Waals surface area (Å²) in [5.74, 6) is 0.754. The average Bonchev–Trinajstić information content (AvgIpc) is 2.13. The highest BCUT2D eigenvalue weighted by Gasteiger charge is 2.36. The summed E-state index contributed by atoms with van der Waals surface area (Å²) in [7, 11) is -1.77. The summed E-state index contributed by atoms with van der Waals surface area (Å²) in [5.41, 5.74) is 0. The zero-order chi connectivity index (χ0) is 13.0. The van der Waals surface area contributed by atoms with Gasteiger partial charge in [-0.3, -0.25) is 0 Å². The SMILES string of the molecule is CCCO[Si](C)(C)[C@@H](S)[SiH2]C(C)(C)C(C)C. The van der Waals surface area contributed by atoms with E-state index in [1.807, 2.05) is 0 Å². The highest BCUT2D eigenvalue weighted by molar-refractivity contribution is 7.85. The minimum absolute atomic E-state index is 0.215. The van der Waals surface area contributed by atoms with Crippen molar-refractivity contribution in [1.29, 1.82) is 0 Å². The molecule has 0 aliphatic heterocycles. The van der Waals surface area contributed by atoms with Gasteiger partial charge in [0.05, 0.1) is 0 Å². The maximum atomic E-state index is 6.06. The Morgan fingerprint density at radius 2 is 1.81 bits per heavy atom. The van der Waals surface area contributed by atoms with E-state index in [0.717, 1.165) is 18.9 Å². The summed E-state index contributed by atoms with van der Waals surface area (Å²) in [6.07, 6.45) is 1.12. The molecule has 98 valence electrons. The van der Waals surface area contributed by atoms with Crippen LogP contribution in [-0.4, -0.2) is 28.9 Å². The first-order valence-electron chi connectivity index (χ1n) is 6.45. The van der Waals surface area contributed by atoms with Crippen LogP contribution in [0.2, 0.25) is 18.1 Å². The summed E-state index contributed by atoms with van der Waals surface area (Å²) in [5, 5.41) is 0.492. The molecule has 1 nitrogen and oxygen atoms in total. The van der Waals surface area contributed by atoms with Crippen molar-refractivity contribution >= 4 is 30.5 Å². The zero-order valence-electron chi connectivity index (χ0n) is 12.1. The van der Waals surface area contributed by atoms with E-state index in [1.165, 1.54) is 0 Å². The fourth-order valence-electron chi connectivity index (χ4n) is 1.44. The molecular weight excluding hydrogens is 248 g/mol. The lowest BCUT2D eigenvalue weighted by Crippen LogP contribution is -2.48. The molecule has 0 rings (SSSR count). The van der Waals surface area contributed by atoms with Crippen LogP contribution in [0.5, 0.6) is 0 Å². The fraction of sp³-hybridized carbons (Fsp3) is 1.00. The molecule has 0 unspecified atom stereocenters. The molecule has 0 aliphatic rings. The molecule has 0 radical (unpaired) electrons. The third-order valence-corrected chi connectivity index (χ3v) is 14.5. The van der Waals surface area contributed by atoms with Gasteiger partial charge in [0, 0.05) is 20.6 Å². The second kappa shape index (κ2) is 6.62. The van der Waals surface area contributed by atoms with E-state index >= 15 is 0 Å². The standard InChI is InChI=1S/C12H30OSSi2/c1-8-9-13-16(6,7)11(14)15-12(4,5)10(2)3/h10-11,14H,8-9,15H2,1-7H3/t11-/m0/s1. The maximum absolute atomic E-state index is 6.06. The average molecular weight is 279 g/mol. The predicted octanol–water partition coefficient (Wildman–Crippen LogP) is 3.44. The van der Waals surface area contributed by atoms with E-state index in [0.29, 0.717) is 9.53 Å². The van der Waals surface area contributed by atoms with Crippen LogP contribution >= 0.6 is 12.6 Å². The van der Waals surface area contributed by atoms with Crippen LogP contribution in [0.3, 0.4) is 0 Å². The van der Waals surface area contributed by atoms with Gasteiger partial charge in [-0.1, -0.05) is 34.6 Å². The second-order valence-corrected chi connectivity index (χ2v) is 16.2. The first-order chi connectivity index (χ1) is 7.13. The molecule has 0 amide bonds. The molecule has 0 aromatic rings. The van der Waals surface area contributed by atoms with E-state index in [-0.39, 0.29) is 9.52 Å². The number of rotatable bonds is 7. The van der Waals surface area contributed by atoms with Crippen molar-refractivity contribution in [2.75, 3.05) is 6.61 Å². The largest absolute Gasteiger partial charge is 0.417 e. The molecule has 0 N–H and O–H groups in total. The lowest BCUT2D eigenvalue weighted by Gasteiger charge is -2.36. The molecule has 0 aliphatic carbocycles. The van der Waals surface area contributed by atoms with Crippen LogP contribution in [0, 0.1) is 5.92 Å². The highest BCUT2D eigenvalue weighted by Crippen LogP contribution is 2.36. The van der Waals surface area contributed by atoms with Crippen LogP contribution in [0.1, 0.15) is 41.0 Å². The van der Waals surface area contributed by atoms with Crippen LogP contribution < -0.4 is 0 Å². The zero-order valence-corrected chi connectivity index (χ0v) is 15.4. The summed E-state index contributed by atoms with van der Waals surface area (Å²) in [4.78, 5) is 0. The first-order valence-corrected chi connectivity index (χ1v) is 11.5. The molecule has 0 fully saturated rings. The van der Waals surface area contributed by atoms with Crippen molar-refractivity contribution in [2.45, 2.75) is 63.7 Å². The quantitative estimate of drug-likeness (QED) is 0.554. The fourth-order valence-corrected chi connectivity index (χ4v) is 9.37. The topological polar surface area (TPSA) is 9.23 Å². The van der Waals surface area contributed by atoms with E-state index < -0.39 is 8.32 Å².